The minimum atomic E-state index is -1.80. The highest BCUT2D eigenvalue weighted by Crippen LogP contribution is 2.39. The van der Waals surface area contributed by atoms with Gasteiger partial charge in [0.15, 0.2) is 5.60 Å². The molecule has 0 aliphatic carbocycles. The van der Waals surface area contributed by atoms with Gasteiger partial charge in [-0.2, -0.15) is 0 Å². The average Bonchev–Trinajstić information content (AvgIpc) is 3.11. The maximum absolute atomic E-state index is 13.3. The fourth-order valence-corrected chi connectivity index (χ4v) is 5.80. The summed E-state index contributed by atoms with van der Waals surface area (Å²) in [7, 11) is -1.20. The number of carbonyl (C=O) groups is 1. The Balaban J connectivity index is 1.69. The van der Waals surface area contributed by atoms with Gasteiger partial charge in [0, 0.05) is 24.6 Å². The van der Waals surface area contributed by atoms with Crippen LogP contribution in [0.4, 0.5) is 0 Å². The van der Waals surface area contributed by atoms with E-state index in [9.17, 15) is 14.7 Å². The Morgan fingerprint density at radius 3 is 2.72 bits per heavy atom. The Hall–Kier alpha value is -2.77. The lowest BCUT2D eigenvalue weighted by Crippen LogP contribution is -2.44. The summed E-state index contributed by atoms with van der Waals surface area (Å²) in [6, 6.07) is 11.4. The van der Waals surface area contributed by atoms with Crippen molar-refractivity contribution in [1.82, 2.24) is 9.55 Å². The highest BCUT2D eigenvalue weighted by molar-refractivity contribution is 6.76. The number of fused-ring (bicyclic) bond motifs is 5. The van der Waals surface area contributed by atoms with Gasteiger partial charge in [0.2, 0.25) is 0 Å². The Bertz CT molecular complexity index is 1340. The smallest absolute Gasteiger partial charge is 0.343 e. The van der Waals surface area contributed by atoms with Crippen LogP contribution in [0, 0.1) is 0 Å². The standard InChI is InChI=1S/C25H28N2O4Si/c1-5-25(30)19-12-20-22-17(13-27(20)23(28)18(19)14-31-24(25)29)11-16-8-6-7-15(21(16)26-22)9-10-32(2,3)4/h6-8,11-12,30H,5,9-10,13-14H2,1-4H3/t25-/m0/s1. The number of benzene rings is 1. The van der Waals surface area contributed by atoms with Gasteiger partial charge in [-0.1, -0.05) is 50.8 Å². The van der Waals surface area contributed by atoms with Gasteiger partial charge in [0.25, 0.3) is 5.56 Å². The number of rotatable bonds is 4. The lowest BCUT2D eigenvalue weighted by molar-refractivity contribution is -0.172. The number of hydrogen-bond acceptors (Lipinski definition) is 5. The summed E-state index contributed by atoms with van der Waals surface area (Å²) in [4.78, 5) is 30.7. The number of ether oxygens (including phenoxy) is 1. The van der Waals surface area contributed by atoms with Gasteiger partial charge in [-0.05, 0) is 30.5 Å². The number of aliphatic hydroxyl groups is 1. The molecule has 32 heavy (non-hydrogen) atoms. The van der Waals surface area contributed by atoms with Crippen molar-refractivity contribution in [1.29, 1.82) is 0 Å². The summed E-state index contributed by atoms with van der Waals surface area (Å²) in [6.45, 7) is 9.14. The maximum atomic E-state index is 13.3. The number of cyclic esters (lactones) is 1. The third-order valence-corrected chi connectivity index (χ3v) is 8.52. The second-order valence-electron chi connectivity index (χ2n) is 10.1. The molecule has 166 valence electrons. The van der Waals surface area contributed by atoms with Gasteiger partial charge in [0.05, 0.1) is 29.0 Å². The van der Waals surface area contributed by atoms with E-state index in [-0.39, 0.29) is 18.6 Å². The zero-order valence-electron chi connectivity index (χ0n) is 19.0. The Kier molecular flexibility index (Phi) is 4.69. The van der Waals surface area contributed by atoms with Gasteiger partial charge in [-0.3, -0.25) is 4.79 Å². The Morgan fingerprint density at radius 1 is 1.22 bits per heavy atom. The molecular formula is C25H28N2O4Si. The predicted octanol–water partition coefficient (Wildman–Crippen LogP) is 3.96. The molecule has 2 aliphatic heterocycles. The molecule has 0 bridgehead atoms. The number of pyridine rings is 2. The van der Waals surface area contributed by atoms with Crippen molar-refractivity contribution < 1.29 is 14.6 Å². The molecule has 5 rings (SSSR count). The van der Waals surface area contributed by atoms with Gasteiger partial charge in [-0.25, -0.2) is 9.78 Å². The van der Waals surface area contributed by atoms with Crippen molar-refractivity contribution in [3.05, 3.63) is 62.9 Å². The molecule has 1 N–H and O–H groups in total. The Labute approximate surface area is 187 Å². The quantitative estimate of drug-likeness (QED) is 0.378. The van der Waals surface area contributed by atoms with Crippen LogP contribution < -0.4 is 5.56 Å². The lowest BCUT2D eigenvalue weighted by atomic mass is 9.86. The van der Waals surface area contributed by atoms with Crippen LogP contribution in [0.3, 0.4) is 0 Å². The molecule has 0 spiro atoms. The Morgan fingerprint density at radius 2 is 2.00 bits per heavy atom. The molecule has 3 aromatic rings. The number of hydrogen-bond donors (Lipinski definition) is 1. The molecule has 6 nitrogen and oxygen atoms in total. The van der Waals surface area contributed by atoms with E-state index in [4.69, 9.17) is 9.72 Å². The normalized spacial score (nSPS) is 19.5. The fraction of sp³-hybridized carbons (Fsp3) is 0.400. The molecule has 0 fully saturated rings. The molecule has 4 heterocycles. The maximum Gasteiger partial charge on any atom is 0.343 e. The zero-order valence-corrected chi connectivity index (χ0v) is 20.0. The molecule has 0 saturated heterocycles. The van der Waals surface area contributed by atoms with Crippen LogP contribution in [0.5, 0.6) is 0 Å². The number of carbonyl (C=O) groups excluding carboxylic acids is 1. The van der Waals surface area contributed by atoms with E-state index in [0.717, 1.165) is 28.6 Å². The van der Waals surface area contributed by atoms with Crippen molar-refractivity contribution in [2.75, 3.05) is 0 Å². The number of esters is 1. The molecule has 2 aromatic heterocycles. The summed E-state index contributed by atoms with van der Waals surface area (Å²) in [5.41, 5.74) is 3.27. The minimum Gasteiger partial charge on any atom is -0.458 e. The zero-order chi connectivity index (χ0) is 22.8. The predicted molar refractivity (Wildman–Crippen MR) is 126 cm³/mol. The van der Waals surface area contributed by atoms with Gasteiger partial charge in [-0.15, -0.1) is 0 Å². The van der Waals surface area contributed by atoms with E-state index in [1.165, 1.54) is 11.6 Å². The van der Waals surface area contributed by atoms with Crippen LogP contribution in [0.2, 0.25) is 25.7 Å². The van der Waals surface area contributed by atoms with E-state index in [2.05, 4.69) is 43.9 Å². The first-order valence-corrected chi connectivity index (χ1v) is 14.9. The van der Waals surface area contributed by atoms with E-state index < -0.39 is 19.6 Å². The van der Waals surface area contributed by atoms with Crippen LogP contribution in [-0.2, 0) is 34.7 Å². The first kappa shape index (κ1) is 21.1. The monoisotopic (exact) mass is 448 g/mol. The molecule has 2 aliphatic rings. The van der Waals surface area contributed by atoms with Crippen LogP contribution in [0.1, 0.15) is 35.6 Å². The molecule has 7 heteroatoms. The minimum absolute atomic E-state index is 0.109. The van der Waals surface area contributed by atoms with Crippen molar-refractivity contribution in [2.24, 2.45) is 0 Å². The van der Waals surface area contributed by atoms with Crippen LogP contribution in [0.15, 0.2) is 35.1 Å². The SMILES string of the molecule is CC[C@@]1(O)C(=O)OCc2c1cc1n(c2=O)Cc2cc3cccc(CC[Si](C)(C)C)c3nc2-1. The molecule has 0 radical (unpaired) electrons. The first-order valence-electron chi connectivity index (χ1n) is 11.2. The van der Waals surface area contributed by atoms with Gasteiger partial charge >= 0.3 is 5.97 Å². The van der Waals surface area contributed by atoms with Gasteiger partial charge in [0.1, 0.15) is 6.61 Å². The highest BCUT2D eigenvalue weighted by atomic mass is 28.3. The second kappa shape index (κ2) is 7.12. The summed E-state index contributed by atoms with van der Waals surface area (Å²) in [6.07, 6.45) is 1.12. The van der Waals surface area contributed by atoms with E-state index in [1.807, 2.05) is 0 Å². The van der Waals surface area contributed by atoms with Crippen molar-refractivity contribution in [2.45, 2.75) is 64.2 Å². The highest BCUT2D eigenvalue weighted by Gasteiger charge is 2.45. The average molecular weight is 449 g/mol. The number of nitrogens with zero attached hydrogens (tertiary/aromatic N) is 2. The molecule has 1 atom stereocenters. The topological polar surface area (TPSA) is 81.4 Å². The largest absolute Gasteiger partial charge is 0.458 e. The van der Waals surface area contributed by atoms with Gasteiger partial charge < -0.3 is 14.4 Å². The summed E-state index contributed by atoms with van der Waals surface area (Å²) in [5.74, 6) is -0.699. The molecule has 0 unspecified atom stereocenters. The number of aromatic nitrogens is 2. The third-order valence-electron chi connectivity index (χ3n) is 6.77. The molecular weight excluding hydrogens is 420 g/mol. The summed E-state index contributed by atoms with van der Waals surface area (Å²) < 4.78 is 6.83. The number of para-hydroxylation sites is 1. The molecule has 1 aromatic carbocycles. The van der Waals surface area contributed by atoms with Crippen molar-refractivity contribution in [3.8, 4) is 11.4 Å². The molecule has 0 saturated carbocycles. The summed E-state index contributed by atoms with van der Waals surface area (Å²) >= 11 is 0. The van der Waals surface area contributed by atoms with Crippen LogP contribution in [-0.4, -0.2) is 28.7 Å². The fourth-order valence-electron chi connectivity index (χ4n) is 4.78. The van der Waals surface area contributed by atoms with E-state index in [1.54, 1.807) is 17.6 Å². The van der Waals surface area contributed by atoms with E-state index >= 15 is 0 Å². The first-order chi connectivity index (χ1) is 15.1. The van der Waals surface area contributed by atoms with E-state index in [0.29, 0.717) is 23.4 Å². The second-order valence-corrected chi connectivity index (χ2v) is 15.8. The lowest BCUT2D eigenvalue weighted by Gasteiger charge is -2.31. The van der Waals surface area contributed by atoms with Crippen LogP contribution in [0.25, 0.3) is 22.3 Å². The molecule has 0 amide bonds. The van der Waals surface area contributed by atoms with Crippen molar-refractivity contribution in [3.63, 3.8) is 0 Å². The van der Waals surface area contributed by atoms with Crippen LogP contribution >= 0.6 is 0 Å². The third kappa shape index (κ3) is 3.14. The summed E-state index contributed by atoms with van der Waals surface area (Å²) in [5, 5.41) is 12.1. The van der Waals surface area contributed by atoms with Crippen molar-refractivity contribution >= 4 is 24.9 Å². The number of aryl methyl sites for hydroxylation is 1.